The maximum Gasteiger partial charge on any atom is 0.335 e. The lowest BCUT2D eigenvalue weighted by Gasteiger charge is -2.15. The predicted octanol–water partition coefficient (Wildman–Crippen LogP) is 3.66. The molecule has 9 nitrogen and oxygen atoms in total. The van der Waals surface area contributed by atoms with Gasteiger partial charge in [0, 0.05) is 17.3 Å². The highest BCUT2D eigenvalue weighted by Crippen LogP contribution is 2.31. The molecule has 0 bridgehead atoms. The molecule has 34 heavy (non-hydrogen) atoms. The van der Waals surface area contributed by atoms with Gasteiger partial charge in [-0.05, 0) is 52.1 Å². The van der Waals surface area contributed by atoms with Gasteiger partial charge in [-0.15, -0.1) is 5.10 Å². The number of tetrazole rings is 1. The first-order valence-electron chi connectivity index (χ1n) is 10.9. The normalized spacial score (nSPS) is 10.7. The zero-order chi connectivity index (χ0) is 24.1. The molecule has 2 aromatic carbocycles. The average Bonchev–Trinajstić information content (AvgIpc) is 3.39. The second kappa shape index (κ2) is 9.92. The Labute approximate surface area is 195 Å². The molecule has 0 spiro atoms. The molecule has 0 saturated carbocycles. The number of aromatic carboxylic acids is 1. The largest absolute Gasteiger partial charge is 0.478 e. The highest BCUT2D eigenvalue weighted by Gasteiger charge is 2.15. The van der Waals surface area contributed by atoms with Crippen LogP contribution in [0, 0.1) is 11.3 Å². The first kappa shape index (κ1) is 22.6. The molecule has 0 aliphatic heterocycles. The minimum atomic E-state index is -1.13. The van der Waals surface area contributed by atoms with Crippen LogP contribution in [0.4, 0.5) is 0 Å². The lowest BCUT2D eigenvalue weighted by molar-refractivity contribution is 0.0696. The number of carbonyl (C=O) groups is 1. The number of aromatic amines is 1. The molecule has 0 aliphatic carbocycles. The fourth-order valence-electron chi connectivity index (χ4n) is 3.89. The van der Waals surface area contributed by atoms with Gasteiger partial charge >= 0.3 is 5.97 Å². The van der Waals surface area contributed by atoms with E-state index in [1.165, 1.54) is 0 Å². The van der Waals surface area contributed by atoms with Crippen LogP contribution in [-0.2, 0) is 13.0 Å². The van der Waals surface area contributed by atoms with E-state index < -0.39 is 11.5 Å². The SMILES string of the molecule is CCCCc1cc(C(=O)O)cc(=O)n1Cc1ccc(-c2ccccc2-c2nnn[nH]2)cc1C#N. The zero-order valence-electron chi connectivity index (χ0n) is 18.5. The number of benzene rings is 2. The van der Waals surface area contributed by atoms with Crippen molar-refractivity contribution >= 4 is 5.97 Å². The van der Waals surface area contributed by atoms with Gasteiger partial charge in [0.25, 0.3) is 5.56 Å². The Kier molecular flexibility index (Phi) is 6.59. The molecule has 4 aromatic rings. The van der Waals surface area contributed by atoms with Crippen molar-refractivity contribution in [1.82, 2.24) is 25.2 Å². The Morgan fingerprint density at radius 3 is 2.62 bits per heavy atom. The van der Waals surface area contributed by atoms with Gasteiger partial charge in [0.05, 0.1) is 23.7 Å². The molecule has 2 heterocycles. The lowest BCUT2D eigenvalue weighted by atomic mass is 9.95. The summed E-state index contributed by atoms with van der Waals surface area (Å²) in [5.74, 6) is -0.617. The molecule has 2 N–H and O–H groups in total. The molecule has 170 valence electrons. The number of rotatable bonds is 8. The van der Waals surface area contributed by atoms with Gasteiger partial charge in [-0.1, -0.05) is 49.7 Å². The number of aromatic nitrogens is 5. The molecule has 0 amide bonds. The number of hydrogen-bond donors (Lipinski definition) is 2. The van der Waals surface area contributed by atoms with Crippen LogP contribution in [0.1, 0.15) is 46.9 Å². The van der Waals surface area contributed by atoms with Gasteiger partial charge in [-0.25, -0.2) is 9.89 Å². The molecule has 9 heteroatoms. The number of carboxylic acids is 1. The summed E-state index contributed by atoms with van der Waals surface area (Å²) in [5.41, 5.74) is 3.78. The predicted molar refractivity (Wildman–Crippen MR) is 125 cm³/mol. The van der Waals surface area contributed by atoms with Gasteiger partial charge in [0.1, 0.15) is 0 Å². The van der Waals surface area contributed by atoms with E-state index in [2.05, 4.69) is 26.7 Å². The van der Waals surface area contributed by atoms with Crippen LogP contribution in [0.3, 0.4) is 0 Å². The van der Waals surface area contributed by atoms with Crippen LogP contribution in [0.25, 0.3) is 22.5 Å². The van der Waals surface area contributed by atoms with E-state index in [4.69, 9.17) is 0 Å². The van der Waals surface area contributed by atoms with Crippen molar-refractivity contribution in [2.45, 2.75) is 32.7 Å². The fourth-order valence-corrected chi connectivity index (χ4v) is 3.89. The Morgan fingerprint density at radius 1 is 1.15 bits per heavy atom. The summed E-state index contributed by atoms with van der Waals surface area (Å²) in [6.07, 6.45) is 2.30. The van der Waals surface area contributed by atoms with Crippen molar-refractivity contribution in [1.29, 1.82) is 5.26 Å². The maximum atomic E-state index is 12.8. The van der Waals surface area contributed by atoms with Gasteiger partial charge in [-0.3, -0.25) is 4.79 Å². The van der Waals surface area contributed by atoms with Gasteiger partial charge in [0.15, 0.2) is 5.82 Å². The van der Waals surface area contributed by atoms with Crippen molar-refractivity contribution in [3.63, 3.8) is 0 Å². The van der Waals surface area contributed by atoms with Crippen LogP contribution in [0.2, 0.25) is 0 Å². The number of pyridine rings is 1. The van der Waals surface area contributed by atoms with Crippen molar-refractivity contribution < 1.29 is 9.90 Å². The van der Waals surface area contributed by atoms with Crippen molar-refractivity contribution in [2.24, 2.45) is 0 Å². The Hall–Kier alpha value is -4.58. The second-order valence-corrected chi connectivity index (χ2v) is 7.85. The first-order chi connectivity index (χ1) is 16.5. The van der Waals surface area contributed by atoms with E-state index in [0.717, 1.165) is 35.6 Å². The molecule has 0 aliphatic rings. The van der Waals surface area contributed by atoms with Crippen molar-refractivity contribution in [3.8, 4) is 28.6 Å². The molecule has 0 unspecified atom stereocenters. The summed E-state index contributed by atoms with van der Waals surface area (Å²) in [6.45, 7) is 2.21. The van der Waals surface area contributed by atoms with Gasteiger partial charge in [0.2, 0.25) is 0 Å². The highest BCUT2D eigenvalue weighted by molar-refractivity contribution is 5.87. The smallest absolute Gasteiger partial charge is 0.335 e. The van der Waals surface area contributed by atoms with Crippen LogP contribution in [-0.4, -0.2) is 36.3 Å². The summed E-state index contributed by atoms with van der Waals surface area (Å²) >= 11 is 0. The Balaban J connectivity index is 1.75. The van der Waals surface area contributed by atoms with Gasteiger partial charge < -0.3 is 9.67 Å². The summed E-state index contributed by atoms with van der Waals surface area (Å²) in [7, 11) is 0. The number of carboxylic acid groups (broad SMARTS) is 1. The van der Waals surface area contributed by atoms with Crippen LogP contribution in [0.15, 0.2) is 59.4 Å². The number of H-pyrrole nitrogens is 1. The molecular formula is C25H22N6O3. The van der Waals surface area contributed by atoms with E-state index in [-0.39, 0.29) is 12.1 Å². The monoisotopic (exact) mass is 454 g/mol. The summed E-state index contributed by atoms with van der Waals surface area (Å²) in [5, 5.41) is 33.2. The van der Waals surface area contributed by atoms with Crippen LogP contribution >= 0.6 is 0 Å². The highest BCUT2D eigenvalue weighted by atomic mass is 16.4. The third-order valence-corrected chi connectivity index (χ3v) is 5.64. The standard InChI is InChI=1S/C25H22N6O3/c1-2-3-6-20-12-18(25(33)34)13-23(32)31(20)15-17-10-9-16(11-19(17)14-26)21-7-4-5-8-22(21)24-27-29-30-28-24/h4-5,7-13H,2-3,6,15H2,1H3,(H,33,34)(H,27,28,29,30). The minimum Gasteiger partial charge on any atom is -0.478 e. The maximum absolute atomic E-state index is 12.8. The molecule has 0 atom stereocenters. The number of nitrogens with one attached hydrogen (secondary N) is 1. The number of unbranched alkanes of at least 4 members (excludes halogenated alkanes) is 1. The minimum absolute atomic E-state index is 0.0262. The van der Waals surface area contributed by atoms with Crippen LogP contribution in [0.5, 0.6) is 0 Å². The van der Waals surface area contributed by atoms with E-state index in [1.54, 1.807) is 16.7 Å². The zero-order valence-corrected chi connectivity index (χ0v) is 18.5. The summed E-state index contributed by atoms with van der Waals surface area (Å²) in [4.78, 5) is 24.2. The lowest BCUT2D eigenvalue weighted by Crippen LogP contribution is -2.25. The van der Waals surface area contributed by atoms with E-state index in [0.29, 0.717) is 29.1 Å². The molecule has 0 radical (unpaired) electrons. The first-order valence-corrected chi connectivity index (χ1v) is 10.9. The average molecular weight is 454 g/mol. The van der Waals surface area contributed by atoms with Gasteiger partial charge in [-0.2, -0.15) is 5.26 Å². The third-order valence-electron chi connectivity index (χ3n) is 5.64. The quantitative estimate of drug-likeness (QED) is 0.414. The van der Waals surface area contributed by atoms with E-state index >= 15 is 0 Å². The Bertz CT molecular complexity index is 1430. The molecular weight excluding hydrogens is 432 g/mol. The third kappa shape index (κ3) is 4.61. The van der Waals surface area contributed by atoms with Crippen LogP contribution < -0.4 is 5.56 Å². The fraction of sp³-hybridized carbons (Fsp3) is 0.200. The van der Waals surface area contributed by atoms with E-state index in [1.807, 2.05) is 43.3 Å². The summed E-state index contributed by atoms with van der Waals surface area (Å²) in [6, 6.07) is 18.0. The number of aryl methyl sites for hydroxylation is 1. The number of hydrogen-bond acceptors (Lipinski definition) is 6. The topological polar surface area (TPSA) is 138 Å². The number of nitrogens with zero attached hydrogens (tertiary/aromatic N) is 5. The summed E-state index contributed by atoms with van der Waals surface area (Å²) < 4.78 is 1.55. The molecule has 2 aromatic heterocycles. The van der Waals surface area contributed by atoms with Crippen molar-refractivity contribution in [3.05, 3.63) is 87.3 Å². The molecule has 4 rings (SSSR count). The molecule has 0 fully saturated rings. The number of nitriles is 1. The van der Waals surface area contributed by atoms with E-state index in [9.17, 15) is 20.0 Å². The second-order valence-electron chi connectivity index (χ2n) is 7.85. The molecule has 0 saturated heterocycles. The Morgan fingerprint density at radius 2 is 1.94 bits per heavy atom. The van der Waals surface area contributed by atoms with Crippen molar-refractivity contribution in [2.75, 3.05) is 0 Å².